The summed E-state index contributed by atoms with van der Waals surface area (Å²) in [6.45, 7) is 0. The molecular weight excluding hydrogens is 120 g/mol. The molecule has 0 unspecified atom stereocenters. The molecule has 0 N–H and O–H groups in total. The van der Waals surface area contributed by atoms with Gasteiger partial charge in [-0.2, -0.15) is 0 Å². The molecule has 0 saturated heterocycles. The van der Waals surface area contributed by atoms with E-state index < -0.39 is 0 Å². The predicted octanol–water partition coefficient (Wildman–Crippen LogP) is 2.28. The topological polar surface area (TPSA) is 0 Å². The molecule has 3 heteroatoms. The standard InChI is InChI=1S/C2H6S3/c1-3-5-4-2/h1-2H3. The molecule has 0 aliphatic heterocycles. The van der Waals surface area contributed by atoms with Gasteiger partial charge in [0.05, 0.1) is 0 Å². The molecule has 0 amide bonds. The average molecular weight is 126 g/mol. The van der Waals surface area contributed by atoms with E-state index in [2.05, 4.69) is 12.5 Å². The Kier molecular flexibility index (Phi) is 6.11. The third-order valence-corrected chi connectivity index (χ3v) is 3.67. The molecule has 0 atom stereocenters. The van der Waals surface area contributed by atoms with Gasteiger partial charge in [-0.1, -0.05) is 21.6 Å². The molecule has 0 aliphatic rings. The first-order chi connectivity index (χ1) is 2.41. The van der Waals surface area contributed by atoms with E-state index in [1.54, 1.807) is 31.4 Å². The van der Waals surface area contributed by atoms with Gasteiger partial charge in [0, 0.05) is 0 Å². The van der Waals surface area contributed by atoms with Gasteiger partial charge in [-0.25, -0.2) is 0 Å². The van der Waals surface area contributed by atoms with E-state index in [0.717, 1.165) is 0 Å². The number of hydrogen-bond donors (Lipinski definition) is 0. The van der Waals surface area contributed by atoms with E-state index in [1.165, 1.54) is 0 Å². The van der Waals surface area contributed by atoms with Crippen LogP contribution in [0.2, 0.25) is 0 Å². The van der Waals surface area contributed by atoms with Gasteiger partial charge in [0.15, 0.2) is 0 Å². The van der Waals surface area contributed by atoms with Gasteiger partial charge in [0.25, 0.3) is 0 Å². The smallest absolute Gasteiger partial charge is 0.00709 e. The van der Waals surface area contributed by atoms with Crippen molar-refractivity contribution in [1.82, 2.24) is 0 Å². The van der Waals surface area contributed by atoms with E-state index in [4.69, 9.17) is 0 Å². The molecular formula is C2H6S3. The second-order valence-corrected chi connectivity index (χ2v) is 4.84. The van der Waals surface area contributed by atoms with E-state index in [-0.39, 0.29) is 0 Å². The highest BCUT2D eigenvalue weighted by atomic mass is 33.5. The lowest BCUT2D eigenvalue weighted by Gasteiger charge is -1.78. The van der Waals surface area contributed by atoms with Gasteiger partial charge in [0.1, 0.15) is 0 Å². The molecule has 0 fully saturated rings. The molecule has 32 valence electrons. The molecule has 0 radical (unpaired) electrons. The van der Waals surface area contributed by atoms with E-state index in [1.807, 2.05) is 0 Å². The van der Waals surface area contributed by atoms with Gasteiger partial charge in [0.2, 0.25) is 0 Å². The van der Waals surface area contributed by atoms with Crippen LogP contribution in [0.4, 0.5) is 0 Å². The lowest BCUT2D eigenvalue weighted by molar-refractivity contribution is 2.54. The van der Waals surface area contributed by atoms with Crippen LogP contribution in [0.5, 0.6) is 0 Å². The molecule has 0 rings (SSSR count). The van der Waals surface area contributed by atoms with Crippen LogP contribution in [0.1, 0.15) is 0 Å². The van der Waals surface area contributed by atoms with Crippen molar-refractivity contribution in [3.05, 3.63) is 0 Å². The van der Waals surface area contributed by atoms with Crippen LogP contribution in [0, 0.1) is 0 Å². The summed E-state index contributed by atoms with van der Waals surface area (Å²) < 4.78 is 0. The lowest BCUT2D eigenvalue weighted by Crippen LogP contribution is -1.30. The third kappa shape index (κ3) is 5.05. The summed E-state index contributed by atoms with van der Waals surface area (Å²) in [5.41, 5.74) is 0. The van der Waals surface area contributed by atoms with Crippen LogP contribution in [0.3, 0.4) is 0 Å². The summed E-state index contributed by atoms with van der Waals surface area (Å²) in [4.78, 5) is 0. The summed E-state index contributed by atoms with van der Waals surface area (Å²) in [7, 11) is 5.36. The van der Waals surface area contributed by atoms with Crippen LogP contribution in [-0.2, 0) is 0 Å². The Morgan fingerprint density at radius 2 is 1.40 bits per heavy atom. The molecule has 0 aromatic heterocycles. The van der Waals surface area contributed by atoms with Gasteiger partial charge in [-0.15, -0.1) is 0 Å². The van der Waals surface area contributed by atoms with Crippen molar-refractivity contribution in [2.75, 3.05) is 12.5 Å². The summed E-state index contributed by atoms with van der Waals surface area (Å²) in [6, 6.07) is 0. The van der Waals surface area contributed by atoms with Gasteiger partial charge < -0.3 is 0 Å². The Bertz CT molecular complexity index is 12.4. The Morgan fingerprint density at radius 1 is 1.00 bits per heavy atom. The van der Waals surface area contributed by atoms with Crippen molar-refractivity contribution in [2.24, 2.45) is 0 Å². The summed E-state index contributed by atoms with van der Waals surface area (Å²) >= 11 is 0. The highest BCUT2D eigenvalue weighted by Crippen LogP contribution is 2.28. The highest BCUT2D eigenvalue weighted by molar-refractivity contribution is 9.09. The first kappa shape index (κ1) is 6.05. The minimum absolute atomic E-state index is 1.78. The maximum Gasteiger partial charge on any atom is -0.00709 e. The summed E-state index contributed by atoms with van der Waals surface area (Å²) in [6.07, 6.45) is 4.14. The zero-order chi connectivity index (χ0) is 4.12. The van der Waals surface area contributed by atoms with Gasteiger partial charge in [-0.3, -0.25) is 0 Å². The maximum absolute atomic E-state index is 2.07. The van der Waals surface area contributed by atoms with Crippen molar-refractivity contribution in [3.8, 4) is 0 Å². The minimum Gasteiger partial charge on any atom is -0.0860 e. The lowest BCUT2D eigenvalue weighted by atomic mass is 12.0. The Balaban J connectivity index is 2.19. The van der Waals surface area contributed by atoms with Crippen molar-refractivity contribution >= 4 is 31.4 Å². The first-order valence-corrected chi connectivity index (χ1v) is 5.45. The number of hydrogen-bond acceptors (Lipinski definition) is 3. The molecule has 0 aliphatic carbocycles. The van der Waals surface area contributed by atoms with Crippen LogP contribution >= 0.6 is 31.4 Å². The second-order valence-electron chi connectivity index (χ2n) is 0.401. The van der Waals surface area contributed by atoms with Crippen LogP contribution in [0.15, 0.2) is 0 Å². The normalized spacial score (nSPS) is 8.40. The van der Waals surface area contributed by atoms with E-state index in [0.29, 0.717) is 0 Å². The largest absolute Gasteiger partial charge is 0.0860 e. The highest BCUT2D eigenvalue weighted by Gasteiger charge is 1.68. The molecule has 0 saturated carbocycles. The minimum atomic E-state index is 1.78. The van der Waals surface area contributed by atoms with Crippen molar-refractivity contribution in [1.29, 1.82) is 0 Å². The molecule has 0 bridgehead atoms. The monoisotopic (exact) mass is 126 g/mol. The Morgan fingerprint density at radius 3 is 1.40 bits per heavy atom. The summed E-state index contributed by atoms with van der Waals surface area (Å²) in [5, 5.41) is 0. The zero-order valence-electron chi connectivity index (χ0n) is 3.22. The third-order valence-electron chi connectivity index (χ3n) is 0.136. The van der Waals surface area contributed by atoms with Gasteiger partial charge in [-0.05, 0) is 22.3 Å². The molecule has 0 spiro atoms. The zero-order valence-corrected chi connectivity index (χ0v) is 5.67. The second kappa shape index (κ2) is 5.05. The average Bonchev–Trinajstić information content (AvgIpc) is 1.41. The van der Waals surface area contributed by atoms with Crippen LogP contribution in [0.25, 0.3) is 0 Å². The van der Waals surface area contributed by atoms with E-state index >= 15 is 0 Å². The van der Waals surface area contributed by atoms with Crippen LogP contribution in [-0.4, -0.2) is 12.5 Å². The Labute approximate surface area is 44.3 Å². The van der Waals surface area contributed by atoms with Crippen molar-refractivity contribution in [3.63, 3.8) is 0 Å². The molecule has 0 nitrogen and oxygen atoms in total. The molecule has 0 aromatic rings. The first-order valence-electron chi connectivity index (χ1n) is 1.15. The fraction of sp³-hybridized carbons (Fsp3) is 1.00. The van der Waals surface area contributed by atoms with Gasteiger partial charge >= 0.3 is 0 Å². The predicted molar refractivity (Wildman–Crippen MR) is 34.6 cm³/mol. The SMILES string of the molecule is CSSSC. The van der Waals surface area contributed by atoms with Crippen molar-refractivity contribution < 1.29 is 0 Å². The molecule has 5 heavy (non-hydrogen) atoms. The fourth-order valence-corrected chi connectivity index (χ4v) is 1.84. The quantitative estimate of drug-likeness (QED) is 0.521. The maximum atomic E-state index is 2.07. The fourth-order valence-electron chi connectivity index (χ4n) is 0.0680. The molecule has 0 heterocycles. The number of rotatable bonds is 2. The van der Waals surface area contributed by atoms with Crippen LogP contribution < -0.4 is 0 Å². The summed E-state index contributed by atoms with van der Waals surface area (Å²) in [5.74, 6) is 0. The molecule has 0 aromatic carbocycles. The Hall–Kier alpha value is 1.05. The van der Waals surface area contributed by atoms with E-state index in [9.17, 15) is 0 Å². The van der Waals surface area contributed by atoms with Crippen molar-refractivity contribution in [2.45, 2.75) is 0 Å².